The number of carbonyl (C=O) groups is 1. The van der Waals surface area contributed by atoms with Gasteiger partial charge in [-0.15, -0.1) is 0 Å². The zero-order chi connectivity index (χ0) is 20.2. The number of aryl methyl sites for hydroxylation is 2. The fourth-order valence-electron chi connectivity index (χ4n) is 4.55. The number of carbonyl (C=O) groups excluding carboxylic acids is 1. The summed E-state index contributed by atoms with van der Waals surface area (Å²) in [6.07, 6.45) is 9.22. The molecule has 2 heterocycles. The van der Waals surface area contributed by atoms with Crippen LogP contribution < -0.4 is 9.80 Å². The number of hydrogen-bond donors (Lipinski definition) is 0. The van der Waals surface area contributed by atoms with Gasteiger partial charge in [0.1, 0.15) is 0 Å². The molecule has 154 valence electrons. The number of rotatable bonds is 5. The standard InChI is InChI=1S/C24H32N4O/c1-3-18-8-11-21(12-9-18)28(4-2)23(29)19-10-13-22-20(16-19)17-25-24(26-22)27-14-6-5-7-15-27/h8-9,11-12,17,19H,3-7,10,13-16H2,1-2H3/t19-/m0/s1. The largest absolute Gasteiger partial charge is 0.341 e. The molecule has 0 unspecified atom stereocenters. The van der Waals surface area contributed by atoms with Crippen LogP contribution >= 0.6 is 0 Å². The van der Waals surface area contributed by atoms with Gasteiger partial charge in [0.25, 0.3) is 0 Å². The summed E-state index contributed by atoms with van der Waals surface area (Å²) in [5.41, 5.74) is 4.58. The Morgan fingerprint density at radius 3 is 2.59 bits per heavy atom. The van der Waals surface area contributed by atoms with Gasteiger partial charge >= 0.3 is 0 Å². The molecule has 1 atom stereocenters. The second kappa shape index (κ2) is 8.93. The number of aromatic nitrogens is 2. The molecule has 2 aliphatic rings. The van der Waals surface area contributed by atoms with E-state index in [-0.39, 0.29) is 11.8 Å². The first-order chi connectivity index (χ1) is 14.2. The van der Waals surface area contributed by atoms with Crippen molar-refractivity contribution in [2.75, 3.05) is 29.4 Å². The van der Waals surface area contributed by atoms with Crippen molar-refractivity contribution in [1.82, 2.24) is 9.97 Å². The molecule has 0 saturated carbocycles. The number of nitrogens with zero attached hydrogens (tertiary/aromatic N) is 4. The second-order valence-electron chi connectivity index (χ2n) is 8.23. The lowest BCUT2D eigenvalue weighted by atomic mass is 9.86. The number of piperidine rings is 1. The quantitative estimate of drug-likeness (QED) is 0.766. The SMILES string of the molecule is CCc1ccc(N(CC)C(=O)[C@H]2CCc3nc(N4CCCCC4)ncc3C2)cc1. The van der Waals surface area contributed by atoms with E-state index in [1.807, 2.05) is 11.1 Å². The van der Waals surface area contributed by atoms with Crippen molar-refractivity contribution in [3.63, 3.8) is 0 Å². The van der Waals surface area contributed by atoms with Gasteiger partial charge in [0.2, 0.25) is 11.9 Å². The smallest absolute Gasteiger partial charge is 0.230 e. The molecule has 5 nitrogen and oxygen atoms in total. The van der Waals surface area contributed by atoms with Crippen molar-refractivity contribution in [2.24, 2.45) is 5.92 Å². The first-order valence-corrected chi connectivity index (χ1v) is 11.2. The molecule has 1 aromatic carbocycles. The lowest BCUT2D eigenvalue weighted by Gasteiger charge is -2.31. The van der Waals surface area contributed by atoms with Gasteiger partial charge in [-0.2, -0.15) is 0 Å². The van der Waals surface area contributed by atoms with Crippen molar-refractivity contribution in [3.05, 3.63) is 47.3 Å². The van der Waals surface area contributed by atoms with Crippen molar-refractivity contribution in [2.45, 2.75) is 58.8 Å². The molecular formula is C24H32N4O. The van der Waals surface area contributed by atoms with Gasteiger partial charge in [-0.3, -0.25) is 4.79 Å². The highest BCUT2D eigenvalue weighted by atomic mass is 16.2. The monoisotopic (exact) mass is 392 g/mol. The first kappa shape index (κ1) is 19.9. The highest BCUT2D eigenvalue weighted by Crippen LogP contribution is 2.29. The lowest BCUT2D eigenvalue weighted by molar-refractivity contribution is -0.122. The Bertz CT molecular complexity index is 842. The fourth-order valence-corrected chi connectivity index (χ4v) is 4.55. The Kier molecular flexibility index (Phi) is 6.12. The van der Waals surface area contributed by atoms with E-state index in [2.05, 4.69) is 48.0 Å². The summed E-state index contributed by atoms with van der Waals surface area (Å²) < 4.78 is 0. The molecule has 1 fully saturated rings. The number of amides is 1. The molecule has 1 saturated heterocycles. The Balaban J connectivity index is 1.47. The van der Waals surface area contributed by atoms with E-state index < -0.39 is 0 Å². The van der Waals surface area contributed by atoms with Crippen LogP contribution in [0.2, 0.25) is 0 Å². The molecule has 0 bridgehead atoms. The normalized spacial score (nSPS) is 19.0. The predicted octanol–water partition coefficient (Wildman–Crippen LogP) is 4.19. The molecule has 0 N–H and O–H groups in total. The maximum absolute atomic E-state index is 13.3. The summed E-state index contributed by atoms with van der Waals surface area (Å²) in [4.78, 5) is 27.0. The zero-order valence-electron chi connectivity index (χ0n) is 17.7. The molecule has 1 amide bonds. The maximum Gasteiger partial charge on any atom is 0.230 e. The highest BCUT2D eigenvalue weighted by molar-refractivity contribution is 5.95. The van der Waals surface area contributed by atoms with Crippen molar-refractivity contribution >= 4 is 17.5 Å². The topological polar surface area (TPSA) is 49.3 Å². The first-order valence-electron chi connectivity index (χ1n) is 11.2. The molecule has 29 heavy (non-hydrogen) atoms. The number of benzene rings is 1. The van der Waals surface area contributed by atoms with E-state index in [4.69, 9.17) is 4.98 Å². The van der Waals surface area contributed by atoms with Gasteiger partial charge in [0.05, 0.1) is 0 Å². The molecule has 1 aromatic heterocycles. The summed E-state index contributed by atoms with van der Waals surface area (Å²) in [6.45, 7) is 7.01. The van der Waals surface area contributed by atoms with Crippen LogP contribution in [0.25, 0.3) is 0 Å². The van der Waals surface area contributed by atoms with Gasteiger partial charge in [0.15, 0.2) is 0 Å². The van der Waals surface area contributed by atoms with Crippen molar-refractivity contribution in [1.29, 1.82) is 0 Å². The van der Waals surface area contributed by atoms with E-state index in [0.29, 0.717) is 6.54 Å². The Hall–Kier alpha value is -2.43. The molecular weight excluding hydrogens is 360 g/mol. The average Bonchev–Trinajstić information content (AvgIpc) is 2.80. The summed E-state index contributed by atoms with van der Waals surface area (Å²) in [6, 6.07) is 8.39. The average molecular weight is 393 g/mol. The van der Waals surface area contributed by atoms with Gasteiger partial charge in [0, 0.05) is 43.1 Å². The Labute approximate surface area is 174 Å². The van der Waals surface area contributed by atoms with Gasteiger partial charge < -0.3 is 9.80 Å². The summed E-state index contributed by atoms with van der Waals surface area (Å²) >= 11 is 0. The van der Waals surface area contributed by atoms with Crippen LogP contribution in [0.3, 0.4) is 0 Å². The van der Waals surface area contributed by atoms with Gasteiger partial charge in [-0.25, -0.2) is 9.97 Å². The van der Waals surface area contributed by atoms with Gasteiger partial charge in [-0.1, -0.05) is 19.1 Å². The number of hydrogen-bond acceptors (Lipinski definition) is 4. The summed E-state index contributed by atoms with van der Waals surface area (Å²) in [5.74, 6) is 1.11. The molecule has 5 heteroatoms. The van der Waals surface area contributed by atoms with Crippen molar-refractivity contribution < 1.29 is 4.79 Å². The predicted molar refractivity (Wildman–Crippen MR) is 117 cm³/mol. The maximum atomic E-state index is 13.3. The van der Waals surface area contributed by atoms with Crippen LogP contribution in [0, 0.1) is 5.92 Å². The van der Waals surface area contributed by atoms with Crippen LogP contribution in [0.1, 0.15) is 56.4 Å². The number of anilines is 2. The van der Waals surface area contributed by atoms with Crippen molar-refractivity contribution in [3.8, 4) is 0 Å². The summed E-state index contributed by atoms with van der Waals surface area (Å²) in [7, 11) is 0. The third-order valence-corrected chi connectivity index (χ3v) is 6.36. The minimum Gasteiger partial charge on any atom is -0.341 e. The minimum absolute atomic E-state index is 0.0118. The zero-order valence-corrected chi connectivity index (χ0v) is 17.7. The fraction of sp³-hybridized carbons (Fsp3) is 0.542. The number of fused-ring (bicyclic) bond motifs is 1. The van der Waals surface area contributed by atoms with Crippen LogP contribution in [0.15, 0.2) is 30.5 Å². The second-order valence-corrected chi connectivity index (χ2v) is 8.23. The van der Waals surface area contributed by atoms with E-state index in [9.17, 15) is 4.79 Å². The van der Waals surface area contributed by atoms with Crippen LogP contribution in [0.4, 0.5) is 11.6 Å². The third kappa shape index (κ3) is 4.29. The Morgan fingerprint density at radius 1 is 1.14 bits per heavy atom. The lowest BCUT2D eigenvalue weighted by Crippen LogP contribution is -2.39. The van der Waals surface area contributed by atoms with Crippen LogP contribution in [-0.2, 0) is 24.1 Å². The van der Waals surface area contributed by atoms with E-state index in [1.54, 1.807) is 0 Å². The molecule has 1 aliphatic carbocycles. The van der Waals surface area contributed by atoms with E-state index in [1.165, 1.54) is 24.8 Å². The van der Waals surface area contributed by atoms with Crippen LogP contribution in [0.5, 0.6) is 0 Å². The highest BCUT2D eigenvalue weighted by Gasteiger charge is 2.30. The molecule has 4 rings (SSSR count). The molecule has 0 spiro atoms. The van der Waals surface area contributed by atoms with E-state index >= 15 is 0 Å². The van der Waals surface area contributed by atoms with E-state index in [0.717, 1.165) is 61.7 Å². The Morgan fingerprint density at radius 2 is 1.90 bits per heavy atom. The summed E-state index contributed by atoms with van der Waals surface area (Å²) in [5, 5.41) is 0. The molecule has 2 aromatic rings. The molecule has 1 aliphatic heterocycles. The minimum atomic E-state index is 0.0118. The van der Waals surface area contributed by atoms with Gasteiger partial charge in [-0.05, 0) is 75.1 Å². The van der Waals surface area contributed by atoms with Crippen LogP contribution in [-0.4, -0.2) is 35.5 Å². The third-order valence-electron chi connectivity index (χ3n) is 6.36. The molecule has 0 radical (unpaired) electrons.